The summed E-state index contributed by atoms with van der Waals surface area (Å²) in [5, 5.41) is 3.00. The van der Waals surface area contributed by atoms with Crippen LogP contribution in [0.2, 0.25) is 5.02 Å². The zero-order chi connectivity index (χ0) is 18.0. The molecule has 0 saturated carbocycles. The Balaban J connectivity index is 1.95. The fraction of sp³-hybridized carbons (Fsp3) is 0.111. The summed E-state index contributed by atoms with van der Waals surface area (Å²) < 4.78 is 5.52. The Morgan fingerprint density at radius 3 is 2.40 bits per heavy atom. The molecule has 0 saturated heterocycles. The first-order valence-corrected chi connectivity index (χ1v) is 8.32. The highest BCUT2D eigenvalue weighted by molar-refractivity contribution is 6.53. The van der Waals surface area contributed by atoms with Crippen molar-refractivity contribution in [2.24, 2.45) is 0 Å². The van der Waals surface area contributed by atoms with Crippen molar-refractivity contribution in [3.8, 4) is 5.75 Å². The molecule has 0 spiro atoms. The third-order valence-electron chi connectivity index (χ3n) is 3.57. The molecular weight excluding hydrogens is 363 g/mol. The van der Waals surface area contributed by atoms with Crippen molar-refractivity contribution in [3.05, 3.63) is 64.3 Å². The number of ether oxygens (including phenoxy) is 1. The van der Waals surface area contributed by atoms with E-state index in [9.17, 15) is 9.59 Å². The summed E-state index contributed by atoms with van der Waals surface area (Å²) in [4.78, 5) is 26.2. The Kier molecular flexibility index (Phi) is 4.97. The van der Waals surface area contributed by atoms with Gasteiger partial charge in [-0.2, -0.15) is 0 Å². The Labute approximate surface area is 154 Å². The van der Waals surface area contributed by atoms with Crippen LogP contribution in [0.4, 0.5) is 11.4 Å². The van der Waals surface area contributed by atoms with Crippen molar-refractivity contribution in [2.75, 3.05) is 16.8 Å². The topological polar surface area (TPSA) is 58.6 Å². The number of amides is 2. The van der Waals surface area contributed by atoms with E-state index in [1.165, 1.54) is 0 Å². The van der Waals surface area contributed by atoms with Gasteiger partial charge in [-0.1, -0.05) is 47.5 Å². The summed E-state index contributed by atoms with van der Waals surface area (Å²) >= 11 is 12.2. The minimum atomic E-state index is -0.629. The van der Waals surface area contributed by atoms with Crippen LogP contribution in [0.5, 0.6) is 5.75 Å². The first kappa shape index (κ1) is 17.3. The van der Waals surface area contributed by atoms with Gasteiger partial charge in [0.1, 0.15) is 16.5 Å². The van der Waals surface area contributed by atoms with Crippen LogP contribution in [0.15, 0.2) is 59.3 Å². The van der Waals surface area contributed by atoms with Gasteiger partial charge < -0.3 is 10.1 Å². The second kappa shape index (κ2) is 7.17. The highest BCUT2D eigenvalue weighted by atomic mass is 35.5. The molecule has 0 fully saturated rings. The molecule has 0 unspecified atom stereocenters. The number of nitrogens with zero attached hydrogens (tertiary/aromatic N) is 1. The zero-order valence-electron chi connectivity index (χ0n) is 13.3. The van der Waals surface area contributed by atoms with Gasteiger partial charge in [-0.15, -0.1) is 0 Å². The molecule has 1 heterocycles. The molecule has 1 aliphatic rings. The number of carbonyl (C=O) groups excluding carboxylic acids is 2. The zero-order valence-corrected chi connectivity index (χ0v) is 14.8. The molecule has 1 N–H and O–H groups in total. The Bertz CT molecular complexity index is 880. The molecule has 25 heavy (non-hydrogen) atoms. The number of hydrogen-bond donors (Lipinski definition) is 1. The maximum atomic E-state index is 12.8. The Hall–Kier alpha value is -2.50. The number of imide groups is 1. The van der Waals surface area contributed by atoms with E-state index in [2.05, 4.69) is 5.32 Å². The number of anilines is 2. The highest BCUT2D eigenvalue weighted by Crippen LogP contribution is 2.35. The predicted molar refractivity (Wildman–Crippen MR) is 98.1 cm³/mol. The van der Waals surface area contributed by atoms with Gasteiger partial charge in [0.15, 0.2) is 0 Å². The van der Waals surface area contributed by atoms with Crippen molar-refractivity contribution in [2.45, 2.75) is 6.92 Å². The molecule has 7 heteroatoms. The van der Waals surface area contributed by atoms with Gasteiger partial charge in [-0.3, -0.25) is 9.59 Å². The number of hydrogen-bond acceptors (Lipinski definition) is 4. The second-order valence-corrected chi connectivity index (χ2v) is 5.93. The molecule has 2 amide bonds. The van der Waals surface area contributed by atoms with Gasteiger partial charge in [0, 0.05) is 0 Å². The first-order valence-electron chi connectivity index (χ1n) is 7.56. The Morgan fingerprint density at radius 2 is 1.68 bits per heavy atom. The summed E-state index contributed by atoms with van der Waals surface area (Å²) in [5.41, 5.74) is 0.811. The van der Waals surface area contributed by atoms with Gasteiger partial charge in [0.05, 0.1) is 23.0 Å². The smallest absolute Gasteiger partial charge is 0.283 e. The maximum Gasteiger partial charge on any atom is 0.283 e. The van der Waals surface area contributed by atoms with Crippen molar-refractivity contribution in [1.29, 1.82) is 0 Å². The standard InChI is InChI=1S/C18H14Cl2N2O3/c1-2-25-14-10-6-4-8-12(14)21-16-15(20)17(23)22(18(16)24)13-9-5-3-7-11(13)19/h3-10,21H,2H2,1H3. The van der Waals surface area contributed by atoms with Crippen molar-refractivity contribution < 1.29 is 14.3 Å². The molecular formula is C18H14Cl2N2O3. The molecule has 3 rings (SSSR count). The average molecular weight is 377 g/mol. The molecule has 128 valence electrons. The normalized spacial score (nSPS) is 14.3. The summed E-state index contributed by atoms with van der Waals surface area (Å²) in [6.07, 6.45) is 0. The lowest BCUT2D eigenvalue weighted by molar-refractivity contribution is -0.120. The van der Waals surface area contributed by atoms with E-state index in [4.69, 9.17) is 27.9 Å². The highest BCUT2D eigenvalue weighted by Gasteiger charge is 2.39. The molecule has 2 aromatic carbocycles. The fourth-order valence-electron chi connectivity index (χ4n) is 2.45. The summed E-state index contributed by atoms with van der Waals surface area (Å²) in [6, 6.07) is 13.7. The molecule has 0 radical (unpaired) electrons. The van der Waals surface area contributed by atoms with Gasteiger partial charge in [0.2, 0.25) is 0 Å². The van der Waals surface area contributed by atoms with E-state index >= 15 is 0 Å². The lowest BCUT2D eigenvalue weighted by atomic mass is 10.2. The van der Waals surface area contributed by atoms with E-state index in [1.807, 2.05) is 13.0 Å². The molecule has 0 atom stereocenters. The summed E-state index contributed by atoms with van der Waals surface area (Å²) in [7, 11) is 0. The van der Waals surface area contributed by atoms with Gasteiger partial charge in [0.25, 0.3) is 11.8 Å². The van der Waals surface area contributed by atoms with E-state index in [0.29, 0.717) is 18.0 Å². The molecule has 0 aromatic heterocycles. The van der Waals surface area contributed by atoms with Crippen molar-refractivity contribution in [1.82, 2.24) is 0 Å². The molecule has 0 bridgehead atoms. The molecule has 2 aromatic rings. The van der Waals surface area contributed by atoms with Gasteiger partial charge in [-0.05, 0) is 31.2 Å². The average Bonchev–Trinajstić information content (AvgIpc) is 2.81. The largest absolute Gasteiger partial charge is 0.492 e. The van der Waals surface area contributed by atoms with Crippen LogP contribution in [0.25, 0.3) is 0 Å². The summed E-state index contributed by atoms with van der Waals surface area (Å²) in [5.74, 6) is -0.649. The number of rotatable bonds is 5. The van der Waals surface area contributed by atoms with Crippen LogP contribution >= 0.6 is 23.2 Å². The Morgan fingerprint density at radius 1 is 1.00 bits per heavy atom. The lowest BCUT2D eigenvalue weighted by Gasteiger charge is -2.17. The van der Waals surface area contributed by atoms with Crippen LogP contribution in [0.1, 0.15) is 6.92 Å². The number of benzene rings is 2. The van der Waals surface area contributed by atoms with E-state index in [0.717, 1.165) is 4.90 Å². The minimum Gasteiger partial charge on any atom is -0.492 e. The van der Waals surface area contributed by atoms with Crippen LogP contribution in [0, 0.1) is 0 Å². The number of nitrogens with one attached hydrogen (secondary N) is 1. The lowest BCUT2D eigenvalue weighted by Crippen LogP contribution is -2.32. The van der Waals surface area contributed by atoms with Crippen molar-refractivity contribution in [3.63, 3.8) is 0 Å². The number of para-hydroxylation sites is 3. The SMILES string of the molecule is CCOc1ccccc1NC1=C(Cl)C(=O)N(c2ccccc2Cl)C1=O. The summed E-state index contributed by atoms with van der Waals surface area (Å²) in [6.45, 7) is 2.32. The van der Waals surface area contributed by atoms with E-state index < -0.39 is 11.8 Å². The maximum absolute atomic E-state index is 12.8. The van der Waals surface area contributed by atoms with Crippen LogP contribution in [-0.2, 0) is 9.59 Å². The third kappa shape index (κ3) is 3.21. The third-order valence-corrected chi connectivity index (χ3v) is 4.24. The molecule has 1 aliphatic heterocycles. The molecule has 5 nitrogen and oxygen atoms in total. The van der Waals surface area contributed by atoms with Gasteiger partial charge >= 0.3 is 0 Å². The van der Waals surface area contributed by atoms with Crippen LogP contribution < -0.4 is 15.0 Å². The minimum absolute atomic E-state index is 0.0151. The molecule has 0 aliphatic carbocycles. The number of halogens is 2. The van der Waals surface area contributed by atoms with Crippen LogP contribution in [-0.4, -0.2) is 18.4 Å². The van der Waals surface area contributed by atoms with Gasteiger partial charge in [-0.25, -0.2) is 4.90 Å². The van der Waals surface area contributed by atoms with E-state index in [1.54, 1.807) is 42.5 Å². The first-order chi connectivity index (χ1) is 12.0. The predicted octanol–water partition coefficient (Wildman–Crippen LogP) is 4.17. The number of carbonyl (C=O) groups is 2. The van der Waals surface area contributed by atoms with E-state index in [-0.39, 0.29) is 21.4 Å². The second-order valence-electron chi connectivity index (χ2n) is 5.14. The van der Waals surface area contributed by atoms with Crippen molar-refractivity contribution >= 4 is 46.4 Å². The monoisotopic (exact) mass is 376 g/mol. The quantitative estimate of drug-likeness (QED) is 0.795. The fourth-order valence-corrected chi connectivity index (χ4v) is 2.88. The van der Waals surface area contributed by atoms with Crippen LogP contribution in [0.3, 0.4) is 0 Å².